The van der Waals surface area contributed by atoms with E-state index < -0.39 is 11.6 Å². The van der Waals surface area contributed by atoms with Gasteiger partial charge in [0, 0.05) is 18.7 Å². The lowest BCUT2D eigenvalue weighted by Crippen LogP contribution is -2.33. The third-order valence-corrected chi connectivity index (χ3v) is 5.29. The molecule has 0 fully saturated rings. The standard InChI is InChI=1S/C24H29F2N3O/c1-3-5-9-14-28(24(30)18-12-13-19(25)20(26)16-18)17-23-27-21-10-7-8-11-22(21)29(23)15-6-4-2/h7-8,10-13,16H,3-6,9,14-15,17H2,1-2H3. The van der Waals surface area contributed by atoms with Gasteiger partial charge in [-0.3, -0.25) is 4.79 Å². The number of nitrogens with zero attached hydrogens (tertiary/aromatic N) is 3. The maximum Gasteiger partial charge on any atom is 0.254 e. The molecule has 0 saturated heterocycles. The topological polar surface area (TPSA) is 38.1 Å². The van der Waals surface area contributed by atoms with Crippen molar-refractivity contribution in [2.75, 3.05) is 6.54 Å². The van der Waals surface area contributed by atoms with Crippen molar-refractivity contribution in [3.05, 3.63) is 65.5 Å². The SMILES string of the molecule is CCCCCN(Cc1nc2ccccc2n1CCCC)C(=O)c1ccc(F)c(F)c1. The van der Waals surface area contributed by atoms with Gasteiger partial charge in [-0.15, -0.1) is 0 Å². The summed E-state index contributed by atoms with van der Waals surface area (Å²) in [6.07, 6.45) is 4.94. The number of fused-ring (bicyclic) bond motifs is 1. The second-order valence-electron chi connectivity index (χ2n) is 7.58. The van der Waals surface area contributed by atoms with Crippen LogP contribution in [-0.2, 0) is 13.1 Å². The minimum Gasteiger partial charge on any atom is -0.331 e. The van der Waals surface area contributed by atoms with Crippen LogP contribution in [0.3, 0.4) is 0 Å². The van der Waals surface area contributed by atoms with Crippen molar-refractivity contribution in [3.63, 3.8) is 0 Å². The summed E-state index contributed by atoms with van der Waals surface area (Å²) in [5.74, 6) is -1.45. The predicted octanol–water partition coefficient (Wildman–Crippen LogP) is 5.95. The molecule has 1 amide bonds. The zero-order chi connectivity index (χ0) is 21.5. The number of imidazole rings is 1. The molecule has 0 aliphatic carbocycles. The van der Waals surface area contributed by atoms with E-state index in [-0.39, 0.29) is 11.5 Å². The summed E-state index contributed by atoms with van der Waals surface area (Å²) < 4.78 is 29.2. The number of unbranched alkanes of at least 4 members (excludes halogenated alkanes) is 3. The van der Waals surface area contributed by atoms with E-state index in [0.29, 0.717) is 13.1 Å². The van der Waals surface area contributed by atoms with E-state index in [9.17, 15) is 13.6 Å². The Hall–Kier alpha value is -2.76. The minimum atomic E-state index is -1.01. The van der Waals surface area contributed by atoms with Crippen molar-refractivity contribution in [2.24, 2.45) is 0 Å². The van der Waals surface area contributed by atoms with Crippen LogP contribution in [0, 0.1) is 11.6 Å². The molecule has 6 heteroatoms. The van der Waals surface area contributed by atoms with Gasteiger partial charge >= 0.3 is 0 Å². The van der Waals surface area contributed by atoms with Crippen molar-refractivity contribution in [1.82, 2.24) is 14.5 Å². The summed E-state index contributed by atoms with van der Waals surface area (Å²) in [7, 11) is 0. The number of carbonyl (C=O) groups excluding carboxylic acids is 1. The first-order valence-electron chi connectivity index (χ1n) is 10.7. The van der Waals surface area contributed by atoms with Gasteiger partial charge in [0.15, 0.2) is 11.6 Å². The average Bonchev–Trinajstić information content (AvgIpc) is 3.10. The Morgan fingerprint density at radius 3 is 2.50 bits per heavy atom. The Morgan fingerprint density at radius 2 is 1.77 bits per heavy atom. The van der Waals surface area contributed by atoms with E-state index >= 15 is 0 Å². The fourth-order valence-electron chi connectivity index (χ4n) is 3.60. The van der Waals surface area contributed by atoms with Crippen molar-refractivity contribution in [3.8, 4) is 0 Å². The van der Waals surface area contributed by atoms with Crippen LogP contribution in [0.5, 0.6) is 0 Å². The quantitative estimate of drug-likeness (QED) is 0.385. The number of carbonyl (C=O) groups is 1. The number of halogens is 2. The van der Waals surface area contributed by atoms with Crippen molar-refractivity contribution < 1.29 is 13.6 Å². The van der Waals surface area contributed by atoms with Gasteiger partial charge in [0.05, 0.1) is 17.6 Å². The summed E-state index contributed by atoms with van der Waals surface area (Å²) >= 11 is 0. The van der Waals surface area contributed by atoms with E-state index in [0.717, 1.165) is 67.6 Å². The van der Waals surface area contributed by atoms with Crippen molar-refractivity contribution in [2.45, 2.75) is 59.0 Å². The van der Waals surface area contributed by atoms with Crippen molar-refractivity contribution in [1.29, 1.82) is 0 Å². The first kappa shape index (κ1) is 21.9. The lowest BCUT2D eigenvalue weighted by molar-refractivity contribution is 0.0733. The summed E-state index contributed by atoms with van der Waals surface area (Å²) in [6.45, 7) is 5.95. The van der Waals surface area contributed by atoms with Crippen LogP contribution in [0.2, 0.25) is 0 Å². The first-order chi connectivity index (χ1) is 14.5. The molecule has 0 atom stereocenters. The first-order valence-corrected chi connectivity index (χ1v) is 10.7. The van der Waals surface area contributed by atoms with E-state index in [4.69, 9.17) is 4.98 Å². The summed E-state index contributed by atoms with van der Waals surface area (Å²) in [6, 6.07) is 11.3. The number of aromatic nitrogens is 2. The lowest BCUT2D eigenvalue weighted by Gasteiger charge is -2.23. The largest absolute Gasteiger partial charge is 0.331 e. The highest BCUT2D eigenvalue weighted by atomic mass is 19.2. The van der Waals surface area contributed by atoms with Crippen LogP contribution >= 0.6 is 0 Å². The fraction of sp³-hybridized carbons (Fsp3) is 0.417. The molecule has 0 N–H and O–H groups in total. The molecule has 2 aromatic carbocycles. The molecule has 4 nitrogen and oxygen atoms in total. The number of aryl methyl sites for hydroxylation is 1. The lowest BCUT2D eigenvalue weighted by atomic mass is 10.1. The zero-order valence-electron chi connectivity index (χ0n) is 17.7. The Balaban J connectivity index is 1.92. The normalized spacial score (nSPS) is 11.2. The molecule has 0 spiro atoms. The molecular weight excluding hydrogens is 384 g/mol. The van der Waals surface area contributed by atoms with Crippen LogP contribution in [0.1, 0.15) is 62.1 Å². The van der Waals surface area contributed by atoms with Crippen LogP contribution in [0.25, 0.3) is 11.0 Å². The minimum absolute atomic E-state index is 0.154. The smallest absolute Gasteiger partial charge is 0.254 e. The second kappa shape index (κ2) is 10.3. The molecule has 160 valence electrons. The molecule has 0 aliphatic heterocycles. The monoisotopic (exact) mass is 413 g/mol. The molecule has 3 rings (SSSR count). The Labute approximate surface area is 176 Å². The molecule has 0 saturated carbocycles. The Kier molecular flexibility index (Phi) is 7.55. The zero-order valence-corrected chi connectivity index (χ0v) is 17.7. The highest BCUT2D eigenvalue weighted by molar-refractivity contribution is 5.94. The highest BCUT2D eigenvalue weighted by Crippen LogP contribution is 2.20. The van der Waals surface area contributed by atoms with Crippen LogP contribution in [0.4, 0.5) is 8.78 Å². The molecule has 0 aliphatic rings. The maximum atomic E-state index is 13.7. The van der Waals surface area contributed by atoms with Gasteiger partial charge in [-0.05, 0) is 43.2 Å². The third-order valence-electron chi connectivity index (χ3n) is 5.29. The highest BCUT2D eigenvalue weighted by Gasteiger charge is 2.21. The number of benzene rings is 2. The van der Waals surface area contributed by atoms with Gasteiger partial charge in [-0.2, -0.15) is 0 Å². The van der Waals surface area contributed by atoms with Gasteiger partial charge in [0.25, 0.3) is 5.91 Å². The van der Waals surface area contributed by atoms with E-state index in [1.807, 2.05) is 24.3 Å². The molecule has 3 aromatic rings. The molecule has 1 heterocycles. The number of amides is 1. The molecular formula is C24H29F2N3O. The maximum absolute atomic E-state index is 13.7. The van der Waals surface area contributed by atoms with E-state index in [1.165, 1.54) is 6.07 Å². The summed E-state index contributed by atoms with van der Waals surface area (Å²) in [5, 5.41) is 0. The van der Waals surface area contributed by atoms with Gasteiger partial charge < -0.3 is 9.47 Å². The van der Waals surface area contributed by atoms with Crippen LogP contribution < -0.4 is 0 Å². The van der Waals surface area contributed by atoms with E-state index in [2.05, 4.69) is 18.4 Å². The molecule has 0 radical (unpaired) electrons. The predicted molar refractivity (Wildman–Crippen MR) is 115 cm³/mol. The van der Waals surface area contributed by atoms with E-state index in [1.54, 1.807) is 4.90 Å². The molecule has 1 aromatic heterocycles. The van der Waals surface area contributed by atoms with Crippen LogP contribution in [-0.4, -0.2) is 26.9 Å². The third kappa shape index (κ3) is 5.04. The van der Waals surface area contributed by atoms with Crippen LogP contribution in [0.15, 0.2) is 42.5 Å². The van der Waals surface area contributed by atoms with Gasteiger partial charge in [0.1, 0.15) is 5.82 Å². The number of para-hydroxylation sites is 2. The molecule has 0 bridgehead atoms. The fourth-order valence-corrected chi connectivity index (χ4v) is 3.60. The van der Waals surface area contributed by atoms with Gasteiger partial charge in [-0.25, -0.2) is 13.8 Å². The number of hydrogen-bond acceptors (Lipinski definition) is 2. The van der Waals surface area contributed by atoms with Gasteiger partial charge in [0.2, 0.25) is 0 Å². The molecule has 0 unspecified atom stereocenters. The molecule has 30 heavy (non-hydrogen) atoms. The second-order valence-corrected chi connectivity index (χ2v) is 7.58. The number of rotatable bonds is 10. The summed E-state index contributed by atoms with van der Waals surface area (Å²) in [4.78, 5) is 19.6. The Morgan fingerprint density at radius 1 is 1.00 bits per heavy atom. The Bertz CT molecular complexity index is 999. The average molecular weight is 414 g/mol. The van der Waals surface area contributed by atoms with Gasteiger partial charge in [-0.1, -0.05) is 45.2 Å². The summed E-state index contributed by atoms with van der Waals surface area (Å²) in [5.41, 5.74) is 2.11. The number of hydrogen-bond donors (Lipinski definition) is 0. The van der Waals surface area contributed by atoms with Crippen molar-refractivity contribution >= 4 is 16.9 Å².